The van der Waals surface area contributed by atoms with Crippen molar-refractivity contribution in [2.75, 3.05) is 0 Å². The van der Waals surface area contributed by atoms with Gasteiger partial charge in [-0.25, -0.2) is 0 Å². The van der Waals surface area contributed by atoms with E-state index in [1.807, 2.05) is 0 Å². The SMILES string of the molecule is C[Si](C)(C)N=P(c1ccccc1)(c1ccccc1)C(C(=NC1CCCCC1)NC1CCCCC1)P(=N[Si](C)(C)C)(c1ccccc1)c1ccccc1. The van der Waals surface area contributed by atoms with Crippen molar-refractivity contribution in [1.29, 1.82) is 0 Å². The molecule has 6 rings (SSSR count). The van der Waals surface area contributed by atoms with Gasteiger partial charge in [-0.3, -0.25) is 4.99 Å². The van der Waals surface area contributed by atoms with E-state index in [0.29, 0.717) is 12.1 Å². The van der Waals surface area contributed by atoms with E-state index in [0.717, 1.165) is 12.8 Å². The molecule has 8 heteroatoms. The number of nitrogens with one attached hydrogen (secondary N) is 1. The largest absolute Gasteiger partial charge is 0.370 e. The zero-order valence-electron chi connectivity index (χ0n) is 32.6. The van der Waals surface area contributed by atoms with Gasteiger partial charge in [-0.2, -0.15) is 0 Å². The molecule has 2 saturated carbocycles. The van der Waals surface area contributed by atoms with Gasteiger partial charge in [0.2, 0.25) is 0 Å². The van der Waals surface area contributed by atoms with Gasteiger partial charge in [-0.15, -0.1) is 0 Å². The maximum atomic E-state index is 6.45. The number of hydrogen-bond donors (Lipinski definition) is 1. The van der Waals surface area contributed by atoms with Crippen LogP contribution in [0.3, 0.4) is 0 Å². The second kappa shape index (κ2) is 17.1. The van der Waals surface area contributed by atoms with Gasteiger partial charge in [-0.1, -0.05) is 199 Å². The second-order valence-electron chi connectivity index (χ2n) is 16.9. The average molecular weight is 765 g/mol. The summed E-state index contributed by atoms with van der Waals surface area (Å²) >= 11 is 0. The number of amidine groups is 1. The lowest BCUT2D eigenvalue weighted by Crippen LogP contribution is -2.49. The Bertz CT molecular complexity index is 1660. The molecule has 52 heavy (non-hydrogen) atoms. The van der Waals surface area contributed by atoms with Crippen LogP contribution >= 0.6 is 14.1 Å². The van der Waals surface area contributed by atoms with Crippen molar-refractivity contribution in [1.82, 2.24) is 5.32 Å². The van der Waals surface area contributed by atoms with Gasteiger partial charge in [0.15, 0.2) is 16.5 Å². The molecule has 276 valence electrons. The van der Waals surface area contributed by atoms with Crippen LogP contribution in [0.2, 0.25) is 39.3 Å². The molecular weight excluding hydrogens is 703 g/mol. The lowest BCUT2D eigenvalue weighted by molar-refractivity contribution is 0.408. The molecule has 0 bridgehead atoms. The average Bonchev–Trinajstić information content (AvgIpc) is 3.15. The molecule has 0 atom stereocenters. The van der Waals surface area contributed by atoms with Crippen molar-refractivity contribution < 1.29 is 0 Å². The van der Waals surface area contributed by atoms with E-state index in [2.05, 4.69) is 166 Å². The molecule has 0 amide bonds. The van der Waals surface area contributed by atoms with Gasteiger partial charge >= 0.3 is 0 Å². The van der Waals surface area contributed by atoms with E-state index in [1.165, 1.54) is 78.4 Å². The molecular formula is C44H62N4P2Si2. The van der Waals surface area contributed by atoms with Crippen LogP contribution < -0.4 is 26.5 Å². The standard InChI is InChI=1S/C44H62N4P2Si2/c1-51(2,3)47-49(39-29-17-9-18-30-39,40-31-19-10-20-32-40)44(43(45-37-25-13-7-14-26-37)46-38-27-15-8-16-28-38)50(48-52(4,5)6,41-33-21-11-22-34-41)42-35-23-12-24-36-42/h9-12,17-24,29-38,44H,7-8,13-16,25-28H2,1-6H3,(H,45,46). The Kier molecular flexibility index (Phi) is 12.8. The summed E-state index contributed by atoms with van der Waals surface area (Å²) in [6.45, 7) is 14.7. The third kappa shape index (κ3) is 9.12. The molecule has 2 fully saturated rings. The summed E-state index contributed by atoms with van der Waals surface area (Å²) in [6, 6.07) is 46.6. The van der Waals surface area contributed by atoms with Gasteiger partial charge < -0.3 is 14.1 Å². The highest BCUT2D eigenvalue weighted by Gasteiger charge is 2.50. The Morgan fingerprint density at radius 2 is 0.827 bits per heavy atom. The summed E-state index contributed by atoms with van der Waals surface area (Å²) in [4.78, 5) is 6.10. The van der Waals surface area contributed by atoms with Crippen molar-refractivity contribution in [2.24, 2.45) is 13.8 Å². The molecule has 2 aliphatic rings. The molecule has 1 N–H and O–H groups in total. The monoisotopic (exact) mass is 764 g/mol. The van der Waals surface area contributed by atoms with E-state index in [4.69, 9.17) is 13.8 Å². The maximum Gasteiger partial charge on any atom is 0.171 e. The van der Waals surface area contributed by atoms with Crippen LogP contribution in [-0.4, -0.2) is 39.8 Å². The van der Waals surface area contributed by atoms with E-state index in [-0.39, 0.29) is 5.40 Å². The second-order valence-corrected chi connectivity index (χ2v) is 33.4. The zero-order chi connectivity index (χ0) is 36.7. The Balaban J connectivity index is 1.89. The molecule has 0 aromatic heterocycles. The number of rotatable bonds is 11. The molecule has 4 aromatic carbocycles. The first-order valence-corrected chi connectivity index (χ1v) is 30.4. The minimum atomic E-state index is -2.69. The first-order valence-electron chi connectivity index (χ1n) is 19.8. The lowest BCUT2D eigenvalue weighted by Gasteiger charge is -2.47. The van der Waals surface area contributed by atoms with Gasteiger partial charge in [0, 0.05) is 20.2 Å². The number of aliphatic imine (C=N–C) groups is 1. The third-order valence-electron chi connectivity index (χ3n) is 10.3. The molecule has 0 spiro atoms. The van der Waals surface area contributed by atoms with Crippen molar-refractivity contribution >= 4 is 57.6 Å². The quantitative estimate of drug-likeness (QED) is 0.0703. The molecule has 0 heterocycles. The Hall–Kier alpha value is -2.76. The summed E-state index contributed by atoms with van der Waals surface area (Å²) in [5, 5.41) is 9.69. The number of nitrogens with zero attached hydrogens (tertiary/aromatic N) is 3. The molecule has 2 aliphatic carbocycles. The minimum absolute atomic E-state index is 0.0723. The first kappa shape index (κ1) is 39.0. The summed E-state index contributed by atoms with van der Waals surface area (Å²) in [7, 11) is -9.65. The smallest absolute Gasteiger partial charge is 0.171 e. The topological polar surface area (TPSA) is 49.1 Å². The van der Waals surface area contributed by atoms with Crippen LogP contribution in [-0.2, 0) is 0 Å². The summed E-state index contributed by atoms with van der Waals surface area (Å²) in [5.41, 5.74) is 0. The molecule has 0 saturated heterocycles. The van der Waals surface area contributed by atoms with E-state index >= 15 is 0 Å². The third-order valence-corrected chi connectivity index (χ3v) is 25.9. The molecule has 4 aromatic rings. The van der Waals surface area contributed by atoms with Crippen molar-refractivity contribution in [3.63, 3.8) is 0 Å². The molecule has 4 nitrogen and oxygen atoms in total. The van der Waals surface area contributed by atoms with Crippen LogP contribution in [0.4, 0.5) is 0 Å². The molecule has 0 unspecified atom stereocenters. The van der Waals surface area contributed by atoms with Crippen LogP contribution in [0.25, 0.3) is 0 Å². The lowest BCUT2D eigenvalue weighted by atomic mass is 9.95. The van der Waals surface area contributed by atoms with Crippen LogP contribution in [0.5, 0.6) is 0 Å². The van der Waals surface area contributed by atoms with Crippen LogP contribution in [0.15, 0.2) is 135 Å². The summed E-state index contributed by atoms with van der Waals surface area (Å²) in [6.07, 6.45) is 12.4. The zero-order valence-corrected chi connectivity index (χ0v) is 36.4. The van der Waals surface area contributed by atoms with Crippen molar-refractivity contribution in [3.8, 4) is 0 Å². The summed E-state index contributed by atoms with van der Waals surface area (Å²) in [5.74, 6) is 1.20. The fourth-order valence-corrected chi connectivity index (χ4v) is 28.4. The predicted molar refractivity (Wildman–Crippen MR) is 238 cm³/mol. The highest BCUT2D eigenvalue weighted by molar-refractivity contribution is 7.99. The Morgan fingerprint density at radius 3 is 1.15 bits per heavy atom. The van der Waals surface area contributed by atoms with Crippen molar-refractivity contribution in [2.45, 2.75) is 121 Å². The molecule has 0 radical (unpaired) electrons. The van der Waals surface area contributed by atoms with E-state index in [9.17, 15) is 0 Å². The number of benzene rings is 4. The first-order chi connectivity index (χ1) is 25.0. The molecule has 0 aliphatic heterocycles. The van der Waals surface area contributed by atoms with Gasteiger partial charge in [-0.05, 0) is 46.9 Å². The van der Waals surface area contributed by atoms with E-state index in [1.54, 1.807) is 0 Å². The van der Waals surface area contributed by atoms with Crippen LogP contribution in [0.1, 0.15) is 64.2 Å². The highest BCUT2D eigenvalue weighted by Crippen LogP contribution is 2.70. The highest BCUT2D eigenvalue weighted by atomic mass is 31.2. The fraction of sp³-hybridized carbons (Fsp3) is 0.432. The fourth-order valence-electron chi connectivity index (χ4n) is 8.41. The van der Waals surface area contributed by atoms with Gasteiger partial charge in [0.1, 0.15) is 5.84 Å². The van der Waals surface area contributed by atoms with Gasteiger partial charge in [0.25, 0.3) is 0 Å². The number of hydrogen-bond acceptors (Lipinski definition) is 3. The minimum Gasteiger partial charge on any atom is -0.370 e. The Labute approximate surface area is 317 Å². The predicted octanol–water partition coefficient (Wildman–Crippen LogP) is 11.3. The Morgan fingerprint density at radius 1 is 0.500 bits per heavy atom. The maximum absolute atomic E-state index is 6.45. The normalized spacial score (nSPS) is 17.2. The summed E-state index contributed by atoms with van der Waals surface area (Å²) < 4.78 is 12.9. The van der Waals surface area contributed by atoms with Crippen LogP contribution in [0, 0.1) is 0 Å². The van der Waals surface area contributed by atoms with Crippen molar-refractivity contribution in [3.05, 3.63) is 121 Å². The van der Waals surface area contributed by atoms with E-state index < -0.39 is 30.6 Å². The van der Waals surface area contributed by atoms with Gasteiger partial charge in [0.05, 0.1) is 11.4 Å².